The molecule has 11 heteroatoms. The maximum Gasteiger partial charge on any atom is 0.306 e. The summed E-state index contributed by atoms with van der Waals surface area (Å²) >= 11 is 0. The molecule has 1 aliphatic heterocycles. The SMILES string of the molecule is CC/C=C\C/C=C\C/C=C\C/C=C\C/C=C\CCCCCCCC(=O)OC1C(OCC(NC(=O)C(O)CCCCCCCC/C=C/C/C=C/CC)C(O)/C=C/CCCCCCCCCCCCC)OC(CO)C(O)C1O. The molecule has 436 valence electrons. The van der Waals surface area contributed by atoms with E-state index < -0.39 is 67.4 Å². The van der Waals surface area contributed by atoms with E-state index in [0.29, 0.717) is 12.8 Å². The van der Waals surface area contributed by atoms with Gasteiger partial charge in [0.2, 0.25) is 5.91 Å². The van der Waals surface area contributed by atoms with Gasteiger partial charge in [0.1, 0.15) is 24.4 Å². The van der Waals surface area contributed by atoms with Crippen molar-refractivity contribution >= 4 is 11.9 Å². The molecule has 0 aliphatic carbocycles. The van der Waals surface area contributed by atoms with Crippen LogP contribution in [0.15, 0.2) is 97.2 Å². The third kappa shape index (κ3) is 39.9. The van der Waals surface area contributed by atoms with E-state index in [2.05, 4.69) is 111 Å². The largest absolute Gasteiger partial charge is 0.454 e. The Labute approximate surface area is 463 Å². The third-order valence-corrected chi connectivity index (χ3v) is 13.7. The van der Waals surface area contributed by atoms with Gasteiger partial charge in [-0.3, -0.25) is 9.59 Å². The molecule has 8 unspecified atom stereocenters. The Morgan fingerprint density at radius 2 is 0.947 bits per heavy atom. The highest BCUT2D eigenvalue weighted by molar-refractivity contribution is 5.80. The van der Waals surface area contributed by atoms with E-state index in [1.165, 1.54) is 57.8 Å². The fourth-order valence-electron chi connectivity index (χ4n) is 8.95. The summed E-state index contributed by atoms with van der Waals surface area (Å²) in [6.45, 7) is 5.54. The summed E-state index contributed by atoms with van der Waals surface area (Å²) in [7, 11) is 0. The summed E-state index contributed by atoms with van der Waals surface area (Å²) in [6, 6.07) is -1.04. The van der Waals surface area contributed by atoms with Crippen LogP contribution in [0.2, 0.25) is 0 Å². The first-order valence-corrected chi connectivity index (χ1v) is 30.5. The van der Waals surface area contributed by atoms with Crippen molar-refractivity contribution in [3.63, 3.8) is 0 Å². The Balaban J connectivity index is 2.70. The van der Waals surface area contributed by atoms with E-state index in [9.17, 15) is 35.1 Å². The Morgan fingerprint density at radius 1 is 0.526 bits per heavy atom. The number of hydrogen-bond donors (Lipinski definition) is 6. The molecule has 1 saturated heterocycles. The van der Waals surface area contributed by atoms with Crippen LogP contribution in [0.4, 0.5) is 0 Å². The van der Waals surface area contributed by atoms with E-state index >= 15 is 0 Å². The van der Waals surface area contributed by atoms with Crippen molar-refractivity contribution in [2.45, 2.75) is 288 Å². The van der Waals surface area contributed by atoms with Crippen LogP contribution in [-0.4, -0.2) is 99.6 Å². The van der Waals surface area contributed by atoms with Crippen molar-refractivity contribution in [3.8, 4) is 0 Å². The highest BCUT2D eigenvalue weighted by atomic mass is 16.7. The van der Waals surface area contributed by atoms with E-state index in [4.69, 9.17) is 14.2 Å². The minimum atomic E-state index is -1.63. The second-order valence-corrected chi connectivity index (χ2v) is 20.7. The van der Waals surface area contributed by atoms with Gasteiger partial charge in [-0.05, 0) is 96.3 Å². The van der Waals surface area contributed by atoms with Crippen molar-refractivity contribution in [2.75, 3.05) is 13.2 Å². The predicted molar refractivity (Wildman–Crippen MR) is 315 cm³/mol. The summed E-state index contributed by atoms with van der Waals surface area (Å²) in [5, 5.41) is 56.9. The number of rotatable bonds is 50. The zero-order valence-corrected chi connectivity index (χ0v) is 48.1. The molecule has 1 rings (SSSR count). The molecule has 0 bridgehead atoms. The van der Waals surface area contributed by atoms with Crippen molar-refractivity contribution in [2.24, 2.45) is 0 Å². The average Bonchev–Trinajstić information content (AvgIpc) is 3.42. The lowest BCUT2D eigenvalue weighted by Gasteiger charge is -2.41. The Kier molecular flexibility index (Phi) is 48.6. The molecule has 0 aromatic rings. The van der Waals surface area contributed by atoms with Crippen LogP contribution >= 0.6 is 0 Å². The van der Waals surface area contributed by atoms with Gasteiger partial charge in [0, 0.05) is 6.42 Å². The standard InChI is InChI=1S/C65H111NO10/c1-4-7-10-13-16-19-22-25-26-27-28-29-30-31-32-35-38-41-44-47-50-53-60(70)76-63-62(72)61(71)59(54-67)75-65(63)74-55-56(57(68)51-48-45-42-39-36-33-23-20-17-14-11-8-5-2)66-64(73)58(69)52-49-46-43-40-37-34-24-21-18-15-12-9-6-3/h7,9-10,12,16,18-19,21,25-26,28-29,31-32,48,51,56-59,61-63,65,67-69,71-72H,4-6,8,11,13-15,17,20,22-24,27,30,33-47,49-50,52-55H2,1-3H3,(H,66,73)/b10-7-,12-9+,19-16-,21-18+,26-25-,29-28-,32-31-,51-48+. The average molecular weight is 1070 g/mol. The highest BCUT2D eigenvalue weighted by Crippen LogP contribution is 2.26. The maximum absolute atomic E-state index is 13.4. The molecule has 0 spiro atoms. The molecule has 0 aromatic heterocycles. The van der Waals surface area contributed by atoms with Crippen LogP contribution in [0, 0.1) is 0 Å². The third-order valence-electron chi connectivity index (χ3n) is 13.7. The van der Waals surface area contributed by atoms with Crippen LogP contribution < -0.4 is 5.32 Å². The summed E-state index contributed by atoms with van der Waals surface area (Å²) in [5.41, 5.74) is 0. The van der Waals surface area contributed by atoms with E-state index in [0.717, 1.165) is 135 Å². The topological polar surface area (TPSA) is 175 Å². The molecule has 0 saturated carbocycles. The number of amides is 1. The lowest BCUT2D eigenvalue weighted by Crippen LogP contribution is -2.61. The number of unbranched alkanes of at least 4 members (excludes halogenated alkanes) is 22. The van der Waals surface area contributed by atoms with Gasteiger partial charge in [0.25, 0.3) is 0 Å². The first-order chi connectivity index (χ1) is 37.2. The van der Waals surface area contributed by atoms with Crippen LogP contribution in [0.5, 0.6) is 0 Å². The van der Waals surface area contributed by atoms with Crippen molar-refractivity contribution in [3.05, 3.63) is 97.2 Å². The normalized spacial score (nSPS) is 19.8. The smallest absolute Gasteiger partial charge is 0.306 e. The summed E-state index contributed by atoms with van der Waals surface area (Å²) in [4.78, 5) is 26.5. The zero-order valence-electron chi connectivity index (χ0n) is 48.1. The van der Waals surface area contributed by atoms with Gasteiger partial charge in [-0.1, -0.05) is 234 Å². The number of ether oxygens (including phenoxy) is 3. The second kappa shape index (κ2) is 52.3. The van der Waals surface area contributed by atoms with Gasteiger partial charge < -0.3 is 45.1 Å². The fraction of sp³-hybridized carbons (Fsp3) is 0.723. The number of carbonyl (C=O) groups is 2. The predicted octanol–water partition coefficient (Wildman–Crippen LogP) is 14.3. The number of hydrogen-bond acceptors (Lipinski definition) is 10. The van der Waals surface area contributed by atoms with Gasteiger partial charge in [-0.25, -0.2) is 0 Å². The van der Waals surface area contributed by atoms with Crippen molar-refractivity contribution in [1.29, 1.82) is 0 Å². The van der Waals surface area contributed by atoms with Crippen molar-refractivity contribution in [1.82, 2.24) is 5.32 Å². The lowest BCUT2D eigenvalue weighted by atomic mass is 9.99. The van der Waals surface area contributed by atoms with Gasteiger partial charge in [0.05, 0.1) is 25.4 Å². The minimum Gasteiger partial charge on any atom is -0.454 e. The fourth-order valence-corrected chi connectivity index (χ4v) is 8.95. The first-order valence-electron chi connectivity index (χ1n) is 30.5. The molecule has 76 heavy (non-hydrogen) atoms. The number of carbonyl (C=O) groups excluding carboxylic acids is 2. The molecular formula is C65H111NO10. The van der Waals surface area contributed by atoms with Crippen molar-refractivity contribution < 1.29 is 49.3 Å². The molecule has 1 fully saturated rings. The number of aliphatic hydroxyl groups excluding tert-OH is 5. The quantitative estimate of drug-likeness (QED) is 0.0195. The molecule has 6 N–H and O–H groups in total. The Hall–Kier alpha value is -3.42. The van der Waals surface area contributed by atoms with Gasteiger partial charge in [-0.2, -0.15) is 0 Å². The minimum absolute atomic E-state index is 0.0957. The Morgan fingerprint density at radius 3 is 1.42 bits per heavy atom. The summed E-state index contributed by atoms with van der Waals surface area (Å²) in [6.07, 6.45) is 58.7. The molecule has 0 aromatic carbocycles. The summed E-state index contributed by atoms with van der Waals surface area (Å²) in [5.74, 6) is -1.23. The number of allylic oxidation sites excluding steroid dienone is 15. The maximum atomic E-state index is 13.4. The molecule has 0 radical (unpaired) electrons. The van der Waals surface area contributed by atoms with Gasteiger partial charge in [-0.15, -0.1) is 0 Å². The molecular weight excluding hydrogens is 955 g/mol. The molecule has 1 aliphatic rings. The number of esters is 1. The van der Waals surface area contributed by atoms with E-state index in [-0.39, 0.29) is 19.4 Å². The number of aliphatic hydroxyl groups is 5. The highest BCUT2D eigenvalue weighted by Gasteiger charge is 2.47. The first kappa shape index (κ1) is 70.6. The van der Waals surface area contributed by atoms with Crippen LogP contribution in [0.25, 0.3) is 0 Å². The lowest BCUT2D eigenvalue weighted by molar-refractivity contribution is -0.305. The zero-order chi connectivity index (χ0) is 55.4. The Bertz CT molecular complexity index is 1600. The van der Waals surface area contributed by atoms with E-state index in [1.54, 1.807) is 6.08 Å². The van der Waals surface area contributed by atoms with Gasteiger partial charge >= 0.3 is 5.97 Å². The monoisotopic (exact) mass is 1070 g/mol. The number of nitrogens with one attached hydrogen (secondary N) is 1. The van der Waals surface area contributed by atoms with Crippen LogP contribution in [-0.2, 0) is 23.8 Å². The molecule has 1 amide bonds. The van der Waals surface area contributed by atoms with Gasteiger partial charge in [0.15, 0.2) is 12.4 Å². The molecule has 1 heterocycles. The summed E-state index contributed by atoms with van der Waals surface area (Å²) < 4.78 is 17.6. The van der Waals surface area contributed by atoms with E-state index in [1.807, 2.05) is 6.08 Å². The second-order valence-electron chi connectivity index (χ2n) is 20.7. The molecule has 8 atom stereocenters. The van der Waals surface area contributed by atoms with Crippen LogP contribution in [0.3, 0.4) is 0 Å². The van der Waals surface area contributed by atoms with Crippen LogP contribution in [0.1, 0.15) is 239 Å². The molecule has 11 nitrogen and oxygen atoms in total.